The average Bonchev–Trinajstić information content (AvgIpc) is 2.50. The SMILES string of the molecule is Cc1cc(C)n(CC(=O)N2CCC(C(O)CC(C)C)CC2)c(=O)n1. The number of aliphatic hydroxyl groups is 1. The molecule has 6 heteroatoms. The van der Waals surface area contributed by atoms with Gasteiger partial charge in [0, 0.05) is 24.5 Å². The molecule has 0 bridgehead atoms. The lowest BCUT2D eigenvalue weighted by Gasteiger charge is -2.35. The number of aryl methyl sites for hydroxylation is 2. The summed E-state index contributed by atoms with van der Waals surface area (Å²) in [4.78, 5) is 30.2. The molecule has 0 saturated carbocycles. The highest BCUT2D eigenvalue weighted by Crippen LogP contribution is 2.24. The number of aliphatic hydroxyl groups excluding tert-OH is 1. The van der Waals surface area contributed by atoms with Gasteiger partial charge in [0.2, 0.25) is 5.91 Å². The Bertz CT molecular complexity index is 631. The molecule has 1 atom stereocenters. The Morgan fingerprint density at radius 3 is 2.50 bits per heavy atom. The van der Waals surface area contributed by atoms with Crippen molar-refractivity contribution in [3.8, 4) is 0 Å². The monoisotopic (exact) mass is 335 g/mol. The van der Waals surface area contributed by atoms with Gasteiger partial charge in [0.15, 0.2) is 0 Å². The quantitative estimate of drug-likeness (QED) is 0.885. The average molecular weight is 335 g/mol. The summed E-state index contributed by atoms with van der Waals surface area (Å²) in [6, 6.07) is 1.81. The van der Waals surface area contributed by atoms with Gasteiger partial charge in [-0.1, -0.05) is 13.8 Å². The van der Waals surface area contributed by atoms with Crippen LogP contribution in [-0.4, -0.2) is 44.7 Å². The number of piperidine rings is 1. The largest absolute Gasteiger partial charge is 0.393 e. The Morgan fingerprint density at radius 1 is 1.33 bits per heavy atom. The number of carbonyl (C=O) groups excluding carboxylic acids is 1. The van der Waals surface area contributed by atoms with Crippen molar-refractivity contribution in [3.63, 3.8) is 0 Å². The van der Waals surface area contributed by atoms with Gasteiger partial charge >= 0.3 is 5.69 Å². The predicted molar refractivity (Wildman–Crippen MR) is 92.7 cm³/mol. The van der Waals surface area contributed by atoms with Crippen molar-refractivity contribution in [2.45, 2.75) is 59.6 Å². The first-order chi connectivity index (χ1) is 11.3. The van der Waals surface area contributed by atoms with Crippen molar-refractivity contribution in [2.75, 3.05) is 13.1 Å². The zero-order valence-corrected chi connectivity index (χ0v) is 15.2. The molecule has 1 aliphatic heterocycles. The van der Waals surface area contributed by atoms with Crippen molar-refractivity contribution >= 4 is 5.91 Å². The summed E-state index contributed by atoms with van der Waals surface area (Å²) in [6.45, 7) is 9.13. The third-order valence-electron chi connectivity index (χ3n) is 4.79. The van der Waals surface area contributed by atoms with Gasteiger partial charge in [-0.25, -0.2) is 4.79 Å². The van der Waals surface area contributed by atoms with Crippen LogP contribution in [0.5, 0.6) is 0 Å². The van der Waals surface area contributed by atoms with Crippen LogP contribution in [0.25, 0.3) is 0 Å². The number of aromatic nitrogens is 2. The van der Waals surface area contributed by atoms with Crippen molar-refractivity contribution in [1.82, 2.24) is 14.5 Å². The number of rotatable bonds is 5. The summed E-state index contributed by atoms with van der Waals surface area (Å²) in [6.07, 6.45) is 2.16. The summed E-state index contributed by atoms with van der Waals surface area (Å²) < 4.78 is 1.43. The van der Waals surface area contributed by atoms with Gasteiger partial charge in [0.1, 0.15) is 6.54 Å². The minimum absolute atomic E-state index is 0.0389. The molecular formula is C18H29N3O3. The van der Waals surface area contributed by atoms with Gasteiger partial charge < -0.3 is 10.0 Å². The maximum atomic E-state index is 12.5. The fourth-order valence-electron chi connectivity index (χ4n) is 3.41. The van der Waals surface area contributed by atoms with Crippen LogP contribution in [0, 0.1) is 25.7 Å². The van der Waals surface area contributed by atoms with E-state index in [1.807, 2.05) is 13.0 Å². The fourth-order valence-corrected chi connectivity index (χ4v) is 3.41. The van der Waals surface area contributed by atoms with E-state index in [-0.39, 0.29) is 30.2 Å². The Kier molecular flexibility index (Phi) is 6.15. The summed E-state index contributed by atoms with van der Waals surface area (Å²) in [5.74, 6) is 0.688. The van der Waals surface area contributed by atoms with Crippen LogP contribution < -0.4 is 5.69 Å². The number of hydrogen-bond donors (Lipinski definition) is 1. The zero-order chi connectivity index (χ0) is 17.9. The van der Waals surface area contributed by atoms with E-state index in [1.54, 1.807) is 11.8 Å². The second-order valence-electron chi connectivity index (χ2n) is 7.32. The fraction of sp³-hybridized carbons (Fsp3) is 0.722. The number of carbonyl (C=O) groups is 1. The maximum Gasteiger partial charge on any atom is 0.348 e. The molecule has 1 N–H and O–H groups in total. The Morgan fingerprint density at radius 2 is 1.96 bits per heavy atom. The molecule has 1 aromatic rings. The molecule has 0 spiro atoms. The smallest absolute Gasteiger partial charge is 0.348 e. The van der Waals surface area contributed by atoms with Crippen LogP contribution in [0.15, 0.2) is 10.9 Å². The second-order valence-corrected chi connectivity index (χ2v) is 7.32. The molecule has 0 radical (unpaired) electrons. The van der Waals surface area contributed by atoms with Crippen molar-refractivity contribution in [2.24, 2.45) is 11.8 Å². The molecule has 0 aliphatic carbocycles. The minimum Gasteiger partial charge on any atom is -0.393 e. The molecule has 1 amide bonds. The minimum atomic E-state index is -0.372. The third kappa shape index (κ3) is 4.66. The number of hydrogen-bond acceptors (Lipinski definition) is 4. The Labute approximate surface area is 143 Å². The van der Waals surface area contributed by atoms with Gasteiger partial charge in [-0.3, -0.25) is 9.36 Å². The van der Waals surface area contributed by atoms with Crippen molar-refractivity contribution in [3.05, 3.63) is 27.9 Å². The van der Waals surface area contributed by atoms with Gasteiger partial charge in [-0.2, -0.15) is 4.98 Å². The maximum absolute atomic E-state index is 12.5. The van der Waals surface area contributed by atoms with Crippen LogP contribution >= 0.6 is 0 Å². The van der Waals surface area contributed by atoms with Crippen LogP contribution in [0.4, 0.5) is 0 Å². The lowest BCUT2D eigenvalue weighted by Crippen LogP contribution is -2.44. The first-order valence-electron chi connectivity index (χ1n) is 8.79. The number of amides is 1. The topological polar surface area (TPSA) is 75.4 Å². The van der Waals surface area contributed by atoms with E-state index in [0.29, 0.717) is 24.7 Å². The first kappa shape index (κ1) is 18.6. The summed E-state index contributed by atoms with van der Waals surface area (Å²) in [5, 5.41) is 10.2. The molecule has 2 heterocycles. The van der Waals surface area contributed by atoms with Crippen molar-refractivity contribution in [1.29, 1.82) is 0 Å². The van der Waals surface area contributed by atoms with E-state index in [0.717, 1.165) is 25.0 Å². The molecule has 1 aliphatic rings. The van der Waals surface area contributed by atoms with Gasteiger partial charge in [-0.05, 0) is 51.0 Å². The van der Waals surface area contributed by atoms with Gasteiger partial charge in [0.25, 0.3) is 0 Å². The highest BCUT2D eigenvalue weighted by molar-refractivity contribution is 5.76. The predicted octanol–water partition coefficient (Wildman–Crippen LogP) is 1.51. The summed E-state index contributed by atoms with van der Waals surface area (Å²) in [5.41, 5.74) is 1.05. The molecule has 1 saturated heterocycles. The lowest BCUT2D eigenvalue weighted by molar-refractivity contribution is -0.134. The first-order valence-corrected chi connectivity index (χ1v) is 8.79. The molecule has 134 valence electrons. The number of likely N-dealkylation sites (tertiary alicyclic amines) is 1. The second kappa shape index (κ2) is 7.92. The van der Waals surface area contributed by atoms with E-state index in [9.17, 15) is 14.7 Å². The Hall–Kier alpha value is -1.69. The molecule has 1 unspecified atom stereocenters. The van der Waals surface area contributed by atoms with E-state index in [2.05, 4.69) is 18.8 Å². The normalized spacial score (nSPS) is 17.3. The molecule has 0 aromatic carbocycles. The third-order valence-corrected chi connectivity index (χ3v) is 4.79. The highest BCUT2D eigenvalue weighted by atomic mass is 16.3. The van der Waals surface area contributed by atoms with Crippen LogP contribution in [0.2, 0.25) is 0 Å². The van der Waals surface area contributed by atoms with E-state index < -0.39 is 0 Å². The molecular weight excluding hydrogens is 306 g/mol. The molecule has 2 rings (SSSR count). The standard InChI is InChI=1S/C18H29N3O3/c1-12(2)9-16(22)15-5-7-20(8-6-15)17(23)11-21-14(4)10-13(3)19-18(21)24/h10,12,15-16,22H,5-9,11H2,1-4H3. The van der Waals surface area contributed by atoms with Crippen LogP contribution in [-0.2, 0) is 11.3 Å². The van der Waals surface area contributed by atoms with E-state index in [4.69, 9.17) is 0 Å². The number of nitrogens with zero attached hydrogens (tertiary/aromatic N) is 3. The molecule has 24 heavy (non-hydrogen) atoms. The summed E-state index contributed by atoms with van der Waals surface area (Å²) in [7, 11) is 0. The van der Waals surface area contributed by atoms with Crippen LogP contribution in [0.3, 0.4) is 0 Å². The molecule has 6 nitrogen and oxygen atoms in total. The van der Waals surface area contributed by atoms with E-state index in [1.165, 1.54) is 4.57 Å². The highest BCUT2D eigenvalue weighted by Gasteiger charge is 2.28. The lowest BCUT2D eigenvalue weighted by atomic mass is 9.87. The molecule has 1 aromatic heterocycles. The Balaban J connectivity index is 1.93. The van der Waals surface area contributed by atoms with E-state index >= 15 is 0 Å². The van der Waals surface area contributed by atoms with Gasteiger partial charge in [-0.15, -0.1) is 0 Å². The summed E-state index contributed by atoms with van der Waals surface area (Å²) >= 11 is 0. The van der Waals surface area contributed by atoms with Crippen LogP contribution in [0.1, 0.15) is 44.5 Å². The zero-order valence-electron chi connectivity index (χ0n) is 15.2. The van der Waals surface area contributed by atoms with Gasteiger partial charge in [0.05, 0.1) is 6.10 Å². The van der Waals surface area contributed by atoms with Crippen molar-refractivity contribution < 1.29 is 9.90 Å². The molecule has 1 fully saturated rings.